The second-order valence-electron chi connectivity index (χ2n) is 8.64. The van der Waals surface area contributed by atoms with Gasteiger partial charge in [-0.05, 0) is 64.8 Å². The molecule has 0 aliphatic heterocycles. The first-order chi connectivity index (χ1) is 13.7. The Hall–Kier alpha value is -2.95. The molecule has 0 aliphatic carbocycles. The summed E-state index contributed by atoms with van der Waals surface area (Å²) in [5.74, 6) is -0.108. The van der Waals surface area contributed by atoms with Gasteiger partial charge < -0.3 is 5.32 Å². The first-order valence-electron chi connectivity index (χ1n) is 10.2. The molecule has 2 aromatic heterocycles. The number of carbonyl (C=O) groups is 1. The van der Waals surface area contributed by atoms with Crippen molar-refractivity contribution in [3.05, 3.63) is 59.8 Å². The van der Waals surface area contributed by atoms with Crippen LogP contribution in [0.2, 0.25) is 0 Å². The number of hydrogen-bond donors (Lipinski definition) is 1. The Bertz CT molecular complexity index is 994. The molecule has 0 spiro atoms. The molecule has 0 atom stereocenters. The summed E-state index contributed by atoms with van der Waals surface area (Å²) in [6, 6.07) is 14.2. The minimum absolute atomic E-state index is 0.108. The molecule has 0 radical (unpaired) electrons. The maximum absolute atomic E-state index is 12.9. The monoisotopic (exact) mass is 390 g/mol. The topological polar surface area (TPSA) is 59.8 Å². The fourth-order valence-electron chi connectivity index (χ4n) is 3.19. The molecule has 1 N–H and O–H groups in total. The number of amides is 1. The number of pyridine rings is 1. The molecule has 0 saturated carbocycles. The van der Waals surface area contributed by atoms with Gasteiger partial charge in [-0.3, -0.25) is 9.48 Å². The lowest BCUT2D eigenvalue weighted by atomic mass is 10.0. The molecule has 0 bridgehead atoms. The van der Waals surface area contributed by atoms with Crippen LogP contribution in [-0.4, -0.2) is 26.2 Å². The second kappa shape index (κ2) is 8.19. The van der Waals surface area contributed by atoms with Gasteiger partial charge in [0.2, 0.25) is 0 Å². The van der Waals surface area contributed by atoms with E-state index >= 15 is 0 Å². The molecule has 3 rings (SSSR count). The van der Waals surface area contributed by atoms with Crippen LogP contribution in [0.5, 0.6) is 0 Å². The number of carbonyl (C=O) groups excluding carboxylic acids is 1. The van der Waals surface area contributed by atoms with Crippen LogP contribution in [0.15, 0.2) is 48.7 Å². The maximum Gasteiger partial charge on any atom is 0.251 e. The van der Waals surface area contributed by atoms with E-state index in [2.05, 4.69) is 55.5 Å². The van der Waals surface area contributed by atoms with E-state index in [1.54, 1.807) is 6.20 Å². The lowest BCUT2D eigenvalue weighted by Gasteiger charge is -2.21. The highest BCUT2D eigenvalue weighted by Gasteiger charge is 2.19. The summed E-state index contributed by atoms with van der Waals surface area (Å²) in [6.07, 6.45) is 2.76. The van der Waals surface area contributed by atoms with Crippen molar-refractivity contribution >= 4 is 5.91 Å². The fraction of sp³-hybridized carbons (Fsp3) is 0.375. The Kier molecular flexibility index (Phi) is 5.87. The summed E-state index contributed by atoms with van der Waals surface area (Å²) in [6.45, 7) is 12.2. The number of nitrogens with zero attached hydrogens (tertiary/aromatic N) is 3. The number of aromatic nitrogens is 3. The zero-order chi connectivity index (χ0) is 21.2. The average Bonchev–Trinajstić information content (AvgIpc) is 3.16. The van der Waals surface area contributed by atoms with E-state index in [9.17, 15) is 4.79 Å². The van der Waals surface area contributed by atoms with Crippen LogP contribution >= 0.6 is 0 Å². The molecule has 5 heteroatoms. The number of nitrogens with one attached hydrogen (secondary N) is 1. The van der Waals surface area contributed by atoms with Gasteiger partial charge in [0, 0.05) is 28.9 Å². The van der Waals surface area contributed by atoms with E-state index in [1.807, 2.05) is 43.7 Å². The van der Waals surface area contributed by atoms with Gasteiger partial charge in [-0.2, -0.15) is 5.10 Å². The number of benzene rings is 1. The van der Waals surface area contributed by atoms with Gasteiger partial charge in [0.25, 0.3) is 5.91 Å². The third kappa shape index (κ3) is 4.91. The van der Waals surface area contributed by atoms with E-state index in [4.69, 9.17) is 4.98 Å². The number of hydrogen-bond acceptors (Lipinski definition) is 3. The zero-order valence-corrected chi connectivity index (χ0v) is 18.2. The van der Waals surface area contributed by atoms with Gasteiger partial charge in [-0.25, -0.2) is 4.98 Å². The average molecular weight is 391 g/mol. The standard InChI is InChI=1S/C24H30N4O/c1-7-17-8-10-18(11-9-17)20-14-19(23(29)27-24(4,5)6)15-21(26-20)22-12-13-25-28(22)16(2)3/h8-16H,7H2,1-6H3,(H,27,29). The zero-order valence-electron chi connectivity index (χ0n) is 18.2. The summed E-state index contributed by atoms with van der Waals surface area (Å²) < 4.78 is 1.93. The third-order valence-corrected chi connectivity index (χ3v) is 4.66. The predicted octanol–water partition coefficient (Wildman–Crippen LogP) is 5.28. The number of rotatable bonds is 5. The molecule has 5 nitrogen and oxygen atoms in total. The van der Waals surface area contributed by atoms with Crippen molar-refractivity contribution in [1.29, 1.82) is 0 Å². The first kappa shape index (κ1) is 20.8. The summed E-state index contributed by atoms with van der Waals surface area (Å²) in [4.78, 5) is 17.8. The van der Waals surface area contributed by atoms with Crippen LogP contribution < -0.4 is 5.32 Å². The van der Waals surface area contributed by atoms with Crippen LogP contribution in [0, 0.1) is 0 Å². The van der Waals surface area contributed by atoms with E-state index < -0.39 is 0 Å². The smallest absolute Gasteiger partial charge is 0.251 e. The van der Waals surface area contributed by atoms with Crippen LogP contribution in [0.1, 0.15) is 63.5 Å². The third-order valence-electron chi connectivity index (χ3n) is 4.66. The predicted molar refractivity (Wildman–Crippen MR) is 118 cm³/mol. The quantitative estimate of drug-likeness (QED) is 0.644. The molecule has 0 fully saturated rings. The van der Waals surface area contributed by atoms with E-state index in [1.165, 1.54) is 5.56 Å². The summed E-state index contributed by atoms with van der Waals surface area (Å²) in [5, 5.41) is 7.48. The van der Waals surface area contributed by atoms with Gasteiger partial charge >= 0.3 is 0 Å². The molecule has 2 heterocycles. The SMILES string of the molecule is CCc1ccc(-c2cc(C(=O)NC(C)(C)C)cc(-c3ccnn3C(C)C)n2)cc1. The molecule has 1 amide bonds. The fourth-order valence-corrected chi connectivity index (χ4v) is 3.19. The Morgan fingerprint density at radius 1 is 1.07 bits per heavy atom. The Labute approximate surface area is 173 Å². The Morgan fingerprint density at radius 2 is 1.72 bits per heavy atom. The number of aryl methyl sites for hydroxylation is 1. The van der Waals surface area contributed by atoms with Crippen molar-refractivity contribution < 1.29 is 4.79 Å². The van der Waals surface area contributed by atoms with Gasteiger partial charge in [0.1, 0.15) is 0 Å². The summed E-state index contributed by atoms with van der Waals surface area (Å²) in [7, 11) is 0. The minimum Gasteiger partial charge on any atom is -0.347 e. The van der Waals surface area contributed by atoms with Crippen molar-refractivity contribution in [1.82, 2.24) is 20.1 Å². The second-order valence-corrected chi connectivity index (χ2v) is 8.64. The molecule has 3 aromatic rings. The van der Waals surface area contributed by atoms with Gasteiger partial charge in [0.15, 0.2) is 0 Å². The molecular weight excluding hydrogens is 360 g/mol. The maximum atomic E-state index is 12.9. The van der Waals surface area contributed by atoms with Gasteiger partial charge in [0.05, 0.1) is 17.1 Å². The molecule has 29 heavy (non-hydrogen) atoms. The van der Waals surface area contributed by atoms with Crippen molar-refractivity contribution in [2.75, 3.05) is 0 Å². The molecule has 0 saturated heterocycles. The largest absolute Gasteiger partial charge is 0.347 e. The first-order valence-corrected chi connectivity index (χ1v) is 10.2. The van der Waals surface area contributed by atoms with Crippen LogP contribution in [0.4, 0.5) is 0 Å². The molecule has 0 aliphatic rings. The summed E-state index contributed by atoms with van der Waals surface area (Å²) >= 11 is 0. The van der Waals surface area contributed by atoms with Crippen molar-refractivity contribution in [3.63, 3.8) is 0 Å². The normalized spacial score (nSPS) is 11.7. The molecule has 0 unspecified atom stereocenters. The van der Waals surface area contributed by atoms with E-state index in [-0.39, 0.29) is 17.5 Å². The molecular formula is C24H30N4O. The lowest BCUT2D eigenvalue weighted by Crippen LogP contribution is -2.40. The Balaban J connectivity index is 2.13. The molecule has 1 aromatic carbocycles. The van der Waals surface area contributed by atoms with Crippen molar-refractivity contribution in [2.24, 2.45) is 0 Å². The van der Waals surface area contributed by atoms with Crippen LogP contribution in [0.3, 0.4) is 0 Å². The highest BCUT2D eigenvalue weighted by molar-refractivity contribution is 5.96. The van der Waals surface area contributed by atoms with Crippen molar-refractivity contribution in [2.45, 2.75) is 59.5 Å². The van der Waals surface area contributed by atoms with E-state index in [0.29, 0.717) is 5.56 Å². The molecule has 152 valence electrons. The van der Waals surface area contributed by atoms with Gasteiger partial charge in [-0.1, -0.05) is 31.2 Å². The van der Waals surface area contributed by atoms with Crippen LogP contribution in [0.25, 0.3) is 22.6 Å². The van der Waals surface area contributed by atoms with Crippen LogP contribution in [-0.2, 0) is 6.42 Å². The van der Waals surface area contributed by atoms with Crippen molar-refractivity contribution in [3.8, 4) is 22.6 Å². The highest BCUT2D eigenvalue weighted by atomic mass is 16.1. The minimum atomic E-state index is -0.316. The lowest BCUT2D eigenvalue weighted by molar-refractivity contribution is 0.0919. The summed E-state index contributed by atoms with van der Waals surface area (Å²) in [5.41, 5.74) is 4.96. The van der Waals surface area contributed by atoms with Gasteiger partial charge in [-0.15, -0.1) is 0 Å². The highest BCUT2D eigenvalue weighted by Crippen LogP contribution is 2.27. The van der Waals surface area contributed by atoms with E-state index in [0.717, 1.165) is 29.1 Å². The Morgan fingerprint density at radius 3 is 2.31 bits per heavy atom.